The van der Waals surface area contributed by atoms with Crippen LogP contribution in [0.25, 0.3) is 11.1 Å². The normalized spacial score (nSPS) is 10.1. The molecule has 0 heterocycles. The maximum atomic E-state index is 11.0. The molecule has 102 valence electrons. The van der Waals surface area contributed by atoms with Crippen LogP contribution in [0.3, 0.4) is 0 Å². The SMILES string of the molecule is CC(=O)Oc1cc(-c2ccccc2[N+](=O)[O-])ccc1Br. The maximum Gasteiger partial charge on any atom is 0.308 e. The molecule has 2 aromatic carbocycles. The number of carbonyl (C=O) groups excluding carboxylic acids is 1. The zero-order valence-corrected chi connectivity index (χ0v) is 12.1. The highest BCUT2D eigenvalue weighted by molar-refractivity contribution is 9.10. The molecule has 0 bridgehead atoms. The third-order valence-corrected chi connectivity index (χ3v) is 3.25. The van der Waals surface area contributed by atoms with E-state index >= 15 is 0 Å². The van der Waals surface area contributed by atoms with Crippen LogP contribution in [0.5, 0.6) is 5.75 Å². The number of hydrogen-bond acceptors (Lipinski definition) is 4. The third-order valence-electron chi connectivity index (χ3n) is 2.60. The van der Waals surface area contributed by atoms with Gasteiger partial charge in [0, 0.05) is 13.0 Å². The van der Waals surface area contributed by atoms with Crippen molar-refractivity contribution < 1.29 is 14.5 Å². The van der Waals surface area contributed by atoms with Crippen molar-refractivity contribution in [3.8, 4) is 16.9 Å². The fourth-order valence-corrected chi connectivity index (χ4v) is 2.11. The van der Waals surface area contributed by atoms with Crippen LogP contribution in [0.4, 0.5) is 5.69 Å². The molecule has 0 aliphatic rings. The maximum absolute atomic E-state index is 11.0. The number of esters is 1. The molecule has 0 saturated heterocycles. The summed E-state index contributed by atoms with van der Waals surface area (Å²) in [5, 5.41) is 11.0. The van der Waals surface area contributed by atoms with Crippen LogP contribution in [-0.4, -0.2) is 10.9 Å². The number of benzene rings is 2. The molecule has 6 heteroatoms. The van der Waals surface area contributed by atoms with E-state index in [1.165, 1.54) is 13.0 Å². The first-order valence-corrected chi connectivity index (χ1v) is 6.50. The first kappa shape index (κ1) is 14.2. The van der Waals surface area contributed by atoms with E-state index in [9.17, 15) is 14.9 Å². The highest BCUT2D eigenvalue weighted by atomic mass is 79.9. The number of nitro benzene ring substituents is 1. The molecule has 0 spiro atoms. The van der Waals surface area contributed by atoms with Gasteiger partial charge in [0.05, 0.1) is 15.0 Å². The summed E-state index contributed by atoms with van der Waals surface area (Å²) < 4.78 is 5.66. The molecule has 0 aromatic heterocycles. The molecule has 0 fully saturated rings. The van der Waals surface area contributed by atoms with Gasteiger partial charge in [0.1, 0.15) is 5.75 Å². The van der Waals surface area contributed by atoms with Crippen molar-refractivity contribution in [2.24, 2.45) is 0 Å². The molecule has 0 unspecified atom stereocenters. The summed E-state index contributed by atoms with van der Waals surface area (Å²) in [5.74, 6) is -0.126. The van der Waals surface area contributed by atoms with E-state index in [0.717, 1.165) is 0 Å². The van der Waals surface area contributed by atoms with Crippen LogP contribution < -0.4 is 4.74 Å². The average Bonchev–Trinajstić information content (AvgIpc) is 2.40. The van der Waals surface area contributed by atoms with Crippen molar-refractivity contribution in [3.63, 3.8) is 0 Å². The van der Waals surface area contributed by atoms with Crippen molar-refractivity contribution in [3.05, 3.63) is 57.1 Å². The van der Waals surface area contributed by atoms with Gasteiger partial charge in [-0.3, -0.25) is 14.9 Å². The summed E-state index contributed by atoms with van der Waals surface area (Å²) in [6.07, 6.45) is 0. The summed E-state index contributed by atoms with van der Waals surface area (Å²) in [4.78, 5) is 21.6. The van der Waals surface area contributed by atoms with Crippen molar-refractivity contribution in [2.75, 3.05) is 0 Å². The fourth-order valence-electron chi connectivity index (χ4n) is 1.78. The molecule has 0 aliphatic heterocycles. The molecule has 20 heavy (non-hydrogen) atoms. The second kappa shape index (κ2) is 5.83. The standard InChI is InChI=1S/C14H10BrNO4/c1-9(17)20-14-8-10(6-7-12(14)15)11-4-2-3-5-13(11)16(18)19/h2-8H,1H3. The molecular weight excluding hydrogens is 326 g/mol. The molecule has 5 nitrogen and oxygen atoms in total. The minimum absolute atomic E-state index is 0.00333. The summed E-state index contributed by atoms with van der Waals surface area (Å²) in [6, 6.07) is 11.4. The lowest BCUT2D eigenvalue weighted by atomic mass is 10.0. The molecule has 0 saturated carbocycles. The number of nitrogens with zero attached hydrogens (tertiary/aromatic N) is 1. The highest BCUT2D eigenvalue weighted by Crippen LogP contribution is 2.35. The zero-order valence-electron chi connectivity index (χ0n) is 10.5. The van der Waals surface area contributed by atoms with Gasteiger partial charge in [0.2, 0.25) is 0 Å². The third kappa shape index (κ3) is 3.03. The van der Waals surface area contributed by atoms with Gasteiger partial charge in [0.25, 0.3) is 5.69 Å². The van der Waals surface area contributed by atoms with Gasteiger partial charge in [-0.05, 0) is 39.7 Å². The highest BCUT2D eigenvalue weighted by Gasteiger charge is 2.15. The largest absolute Gasteiger partial charge is 0.425 e. The van der Waals surface area contributed by atoms with E-state index in [4.69, 9.17) is 4.74 Å². The minimum atomic E-state index is -0.453. The molecular formula is C14H10BrNO4. The summed E-state index contributed by atoms with van der Waals surface area (Å²) in [6.45, 7) is 1.30. The van der Waals surface area contributed by atoms with E-state index in [2.05, 4.69) is 15.9 Å². The van der Waals surface area contributed by atoms with Gasteiger partial charge in [-0.25, -0.2) is 0 Å². The van der Waals surface area contributed by atoms with Crippen LogP contribution in [0.15, 0.2) is 46.9 Å². The number of carbonyl (C=O) groups is 1. The minimum Gasteiger partial charge on any atom is -0.425 e. The van der Waals surface area contributed by atoms with Crippen molar-refractivity contribution in [1.29, 1.82) is 0 Å². The van der Waals surface area contributed by atoms with E-state index < -0.39 is 10.9 Å². The Hall–Kier alpha value is -2.21. The number of ether oxygens (including phenoxy) is 1. The molecule has 0 radical (unpaired) electrons. The topological polar surface area (TPSA) is 69.4 Å². The monoisotopic (exact) mass is 335 g/mol. The Morgan fingerprint density at radius 2 is 1.95 bits per heavy atom. The van der Waals surface area contributed by atoms with Gasteiger partial charge < -0.3 is 4.74 Å². The fraction of sp³-hybridized carbons (Fsp3) is 0.0714. The van der Waals surface area contributed by atoms with Gasteiger partial charge in [-0.15, -0.1) is 0 Å². The quantitative estimate of drug-likeness (QED) is 0.368. The van der Waals surface area contributed by atoms with Crippen LogP contribution in [-0.2, 0) is 4.79 Å². The second-order valence-corrected chi connectivity index (χ2v) is 4.87. The molecule has 0 N–H and O–H groups in total. The lowest BCUT2D eigenvalue weighted by Gasteiger charge is -2.08. The number of halogens is 1. The first-order valence-electron chi connectivity index (χ1n) is 5.71. The van der Waals surface area contributed by atoms with Crippen molar-refractivity contribution >= 4 is 27.6 Å². The summed E-state index contributed by atoms with van der Waals surface area (Å²) in [5.41, 5.74) is 1.08. The van der Waals surface area contributed by atoms with Gasteiger partial charge in [-0.2, -0.15) is 0 Å². The zero-order chi connectivity index (χ0) is 14.7. The predicted octanol–water partition coefficient (Wildman–Crippen LogP) is 3.95. The molecule has 0 atom stereocenters. The smallest absolute Gasteiger partial charge is 0.308 e. The average molecular weight is 336 g/mol. The Bertz CT molecular complexity index is 685. The predicted molar refractivity (Wildman–Crippen MR) is 77.5 cm³/mol. The number of nitro groups is 1. The lowest BCUT2D eigenvalue weighted by molar-refractivity contribution is -0.384. The summed E-state index contributed by atoms with van der Waals surface area (Å²) >= 11 is 3.27. The Kier molecular flexibility index (Phi) is 4.14. The lowest BCUT2D eigenvalue weighted by Crippen LogP contribution is -2.02. The van der Waals surface area contributed by atoms with Gasteiger partial charge in [-0.1, -0.05) is 18.2 Å². The van der Waals surface area contributed by atoms with Crippen LogP contribution >= 0.6 is 15.9 Å². The van der Waals surface area contributed by atoms with Crippen molar-refractivity contribution in [2.45, 2.75) is 6.92 Å². The Balaban J connectivity index is 2.54. The summed E-state index contributed by atoms with van der Waals surface area (Å²) in [7, 11) is 0. The number of hydrogen-bond donors (Lipinski definition) is 0. The van der Waals surface area contributed by atoms with E-state index in [-0.39, 0.29) is 5.69 Å². The van der Waals surface area contributed by atoms with E-state index in [1.807, 2.05) is 0 Å². The Labute approximate surface area is 123 Å². The molecule has 0 aliphatic carbocycles. The molecule has 0 amide bonds. The molecule has 2 aromatic rings. The van der Waals surface area contributed by atoms with Gasteiger partial charge >= 0.3 is 5.97 Å². The van der Waals surface area contributed by atoms with E-state index in [0.29, 0.717) is 21.3 Å². The van der Waals surface area contributed by atoms with Crippen LogP contribution in [0.1, 0.15) is 6.92 Å². The van der Waals surface area contributed by atoms with E-state index in [1.54, 1.807) is 36.4 Å². The number of rotatable bonds is 3. The first-order chi connectivity index (χ1) is 9.49. The van der Waals surface area contributed by atoms with Crippen LogP contribution in [0, 0.1) is 10.1 Å². The van der Waals surface area contributed by atoms with Gasteiger partial charge in [0.15, 0.2) is 0 Å². The van der Waals surface area contributed by atoms with Crippen LogP contribution in [0.2, 0.25) is 0 Å². The second-order valence-electron chi connectivity index (χ2n) is 4.01. The Morgan fingerprint density at radius 3 is 2.60 bits per heavy atom. The Morgan fingerprint density at radius 1 is 1.25 bits per heavy atom. The van der Waals surface area contributed by atoms with Crippen molar-refractivity contribution in [1.82, 2.24) is 0 Å². The molecule has 2 rings (SSSR count). The number of para-hydroxylation sites is 1.